The van der Waals surface area contributed by atoms with Crippen LogP contribution in [0.15, 0.2) is 78.0 Å². The van der Waals surface area contributed by atoms with Crippen LogP contribution in [0.25, 0.3) is 0 Å². The Morgan fingerprint density at radius 3 is 2.24 bits per heavy atom. The molecule has 2 aromatic carbocycles. The minimum atomic E-state index is -0.571. The van der Waals surface area contributed by atoms with Crippen molar-refractivity contribution in [3.8, 4) is 0 Å². The molecule has 3 aromatic rings. The quantitative estimate of drug-likeness (QED) is 0.0829. The maximum Gasteiger partial charge on any atom is 0.243 e. The van der Waals surface area contributed by atoms with Gasteiger partial charge in [0.05, 0.1) is 23.8 Å². The van der Waals surface area contributed by atoms with Gasteiger partial charge in [-0.3, -0.25) is 14.8 Å². The highest BCUT2D eigenvalue weighted by atomic mass is 32.2. The summed E-state index contributed by atoms with van der Waals surface area (Å²) >= 11 is 1.65. The third-order valence-electron chi connectivity index (χ3n) is 6.82. The molecular formula is C31H37N3O6S. The van der Waals surface area contributed by atoms with Gasteiger partial charge in [-0.1, -0.05) is 55.3 Å². The van der Waals surface area contributed by atoms with E-state index in [9.17, 15) is 14.7 Å². The lowest BCUT2D eigenvalue weighted by molar-refractivity contribution is -0.245. The fourth-order valence-electron chi connectivity index (χ4n) is 4.56. The van der Waals surface area contributed by atoms with E-state index >= 15 is 0 Å². The molecule has 9 nitrogen and oxygen atoms in total. The fraction of sp³-hybridized carbons (Fsp3) is 0.387. The largest absolute Gasteiger partial charge is 0.392 e. The molecule has 0 saturated carbocycles. The Hall–Kier alpha value is -3.28. The normalized spacial score (nSPS) is 18.5. The Balaban J connectivity index is 1.33. The molecule has 2 heterocycles. The van der Waals surface area contributed by atoms with Crippen LogP contribution in [0.4, 0.5) is 5.69 Å². The second-order valence-corrected chi connectivity index (χ2v) is 11.0. The van der Waals surface area contributed by atoms with Gasteiger partial charge in [0, 0.05) is 42.5 Å². The van der Waals surface area contributed by atoms with E-state index < -0.39 is 6.29 Å². The van der Waals surface area contributed by atoms with E-state index in [2.05, 4.69) is 10.3 Å². The predicted molar refractivity (Wildman–Crippen MR) is 156 cm³/mol. The first-order valence-corrected chi connectivity index (χ1v) is 14.9. The summed E-state index contributed by atoms with van der Waals surface area (Å²) in [6.07, 6.45) is 5.41. The van der Waals surface area contributed by atoms with Crippen molar-refractivity contribution in [2.75, 3.05) is 11.1 Å². The molecule has 0 unspecified atom stereocenters. The second-order valence-electron chi connectivity index (χ2n) is 9.95. The number of aromatic nitrogens is 1. The highest BCUT2D eigenvalue weighted by molar-refractivity contribution is 7.99. The molecule has 218 valence electrons. The number of nitrogens with zero attached hydrogens (tertiary/aromatic N) is 1. The number of ether oxygens (including phenoxy) is 2. The van der Waals surface area contributed by atoms with Crippen LogP contribution in [-0.2, 0) is 25.7 Å². The summed E-state index contributed by atoms with van der Waals surface area (Å²) < 4.78 is 12.8. The summed E-state index contributed by atoms with van der Waals surface area (Å²) in [4.78, 5) is 27.8. The van der Waals surface area contributed by atoms with Gasteiger partial charge < -0.3 is 19.9 Å². The lowest BCUT2D eigenvalue weighted by atomic mass is 10.0. The Labute approximate surface area is 244 Å². The van der Waals surface area contributed by atoms with E-state index in [0.717, 1.165) is 46.7 Å². The number of thioether (sulfide) groups is 1. The van der Waals surface area contributed by atoms with Gasteiger partial charge in [-0.25, -0.2) is 10.5 Å². The Morgan fingerprint density at radius 2 is 1.59 bits per heavy atom. The molecule has 2 amide bonds. The number of rotatable bonds is 14. The van der Waals surface area contributed by atoms with Crippen LogP contribution in [0.2, 0.25) is 0 Å². The molecule has 0 spiro atoms. The predicted octanol–water partition coefficient (Wildman–Crippen LogP) is 5.70. The van der Waals surface area contributed by atoms with Gasteiger partial charge in [-0.05, 0) is 48.2 Å². The van der Waals surface area contributed by atoms with Gasteiger partial charge in [0.1, 0.15) is 0 Å². The van der Waals surface area contributed by atoms with E-state index in [1.54, 1.807) is 23.4 Å². The topological polar surface area (TPSA) is 130 Å². The van der Waals surface area contributed by atoms with Crippen molar-refractivity contribution in [3.63, 3.8) is 0 Å². The average molecular weight is 580 g/mol. The molecule has 0 bridgehead atoms. The standard InChI is InChI=1S/C31H37N3O6S/c35-20-22-10-12-23(13-11-22)27-19-26(21-41-30-9-5-6-18-32-30)39-31(40-27)24-14-16-25(17-15-24)33-28(36)7-3-1-2-4-8-29(37)34-38/h5-6,9-18,26-27,31,35,38H,1-4,7-8,19-21H2,(H,33,36)(H,34,37)/t26-,27+,31+/m1/s1. The average Bonchev–Trinajstić information content (AvgIpc) is 3.02. The van der Waals surface area contributed by atoms with Crippen molar-refractivity contribution < 1.29 is 29.4 Å². The molecule has 4 rings (SSSR count). The van der Waals surface area contributed by atoms with Crippen molar-refractivity contribution in [2.45, 2.75) is 75.1 Å². The zero-order chi connectivity index (χ0) is 28.9. The molecule has 10 heteroatoms. The summed E-state index contributed by atoms with van der Waals surface area (Å²) in [5.41, 5.74) is 5.07. The van der Waals surface area contributed by atoms with Crippen molar-refractivity contribution in [1.29, 1.82) is 0 Å². The van der Waals surface area contributed by atoms with Crippen LogP contribution in [0, 0.1) is 0 Å². The molecule has 0 aliphatic carbocycles. The van der Waals surface area contributed by atoms with Gasteiger partial charge in [-0.15, -0.1) is 11.8 Å². The minimum absolute atomic E-state index is 0.00469. The van der Waals surface area contributed by atoms with Crippen LogP contribution >= 0.6 is 11.8 Å². The number of hydroxylamine groups is 1. The first-order chi connectivity index (χ1) is 20.0. The number of aliphatic hydroxyl groups excluding tert-OH is 1. The number of anilines is 1. The highest BCUT2D eigenvalue weighted by Gasteiger charge is 2.32. The third kappa shape index (κ3) is 9.94. The lowest BCUT2D eigenvalue weighted by Gasteiger charge is -2.36. The van der Waals surface area contributed by atoms with E-state index in [4.69, 9.17) is 14.7 Å². The Morgan fingerprint density at radius 1 is 0.878 bits per heavy atom. The molecule has 0 radical (unpaired) electrons. The minimum Gasteiger partial charge on any atom is -0.392 e. The van der Waals surface area contributed by atoms with E-state index in [-0.39, 0.29) is 37.0 Å². The summed E-state index contributed by atoms with van der Waals surface area (Å²) in [6, 6.07) is 21.2. The molecule has 1 aromatic heterocycles. The van der Waals surface area contributed by atoms with Gasteiger partial charge in [-0.2, -0.15) is 0 Å². The molecular weight excluding hydrogens is 542 g/mol. The summed E-state index contributed by atoms with van der Waals surface area (Å²) in [6.45, 7) is -0.00469. The maximum absolute atomic E-state index is 12.4. The molecule has 1 fully saturated rings. The molecule has 1 aliphatic heterocycles. The monoisotopic (exact) mass is 579 g/mol. The lowest BCUT2D eigenvalue weighted by Crippen LogP contribution is -2.31. The number of aliphatic hydroxyl groups is 1. The van der Waals surface area contributed by atoms with Crippen molar-refractivity contribution >= 4 is 29.3 Å². The van der Waals surface area contributed by atoms with Crippen LogP contribution in [0.3, 0.4) is 0 Å². The number of benzene rings is 2. The number of pyridine rings is 1. The number of hydrogen-bond donors (Lipinski definition) is 4. The van der Waals surface area contributed by atoms with Gasteiger partial charge in [0.15, 0.2) is 6.29 Å². The summed E-state index contributed by atoms with van der Waals surface area (Å²) in [5.74, 6) is 0.278. The van der Waals surface area contributed by atoms with Crippen molar-refractivity contribution in [3.05, 3.63) is 89.6 Å². The third-order valence-corrected chi connectivity index (χ3v) is 7.89. The van der Waals surface area contributed by atoms with Crippen LogP contribution < -0.4 is 10.8 Å². The summed E-state index contributed by atoms with van der Waals surface area (Å²) in [7, 11) is 0. The first kappa shape index (κ1) is 30.7. The van der Waals surface area contributed by atoms with E-state index in [1.165, 1.54) is 0 Å². The van der Waals surface area contributed by atoms with Gasteiger partial charge in [0.2, 0.25) is 11.8 Å². The second kappa shape index (κ2) is 16.2. The number of nitrogens with one attached hydrogen (secondary N) is 2. The van der Waals surface area contributed by atoms with Crippen LogP contribution in [0.5, 0.6) is 0 Å². The van der Waals surface area contributed by atoms with Crippen molar-refractivity contribution in [1.82, 2.24) is 10.5 Å². The number of unbranched alkanes of at least 4 members (excludes halogenated alkanes) is 3. The number of amides is 2. The van der Waals surface area contributed by atoms with Crippen molar-refractivity contribution in [2.24, 2.45) is 0 Å². The number of carbonyl (C=O) groups excluding carboxylic acids is 2. The molecule has 1 saturated heterocycles. The summed E-state index contributed by atoms with van der Waals surface area (Å²) in [5, 5.41) is 21.8. The zero-order valence-corrected chi connectivity index (χ0v) is 23.7. The molecule has 4 N–H and O–H groups in total. The smallest absolute Gasteiger partial charge is 0.243 e. The van der Waals surface area contributed by atoms with E-state index in [0.29, 0.717) is 24.9 Å². The van der Waals surface area contributed by atoms with Gasteiger partial charge in [0.25, 0.3) is 0 Å². The van der Waals surface area contributed by atoms with Crippen LogP contribution in [-0.4, -0.2) is 39.0 Å². The first-order valence-electron chi connectivity index (χ1n) is 13.9. The Bertz CT molecular complexity index is 1230. The molecule has 3 atom stereocenters. The van der Waals surface area contributed by atoms with Gasteiger partial charge >= 0.3 is 0 Å². The molecule has 1 aliphatic rings. The van der Waals surface area contributed by atoms with Crippen LogP contribution in [0.1, 0.15) is 74.0 Å². The Kier molecular flexibility index (Phi) is 12.1. The zero-order valence-electron chi connectivity index (χ0n) is 22.9. The van der Waals surface area contributed by atoms with E-state index in [1.807, 2.05) is 66.7 Å². The number of hydrogen-bond acceptors (Lipinski definition) is 8. The highest BCUT2D eigenvalue weighted by Crippen LogP contribution is 2.39. The fourth-order valence-corrected chi connectivity index (χ4v) is 5.44. The number of carbonyl (C=O) groups is 2. The molecule has 41 heavy (non-hydrogen) atoms. The SMILES string of the molecule is O=C(CCCCCCC(=O)Nc1ccc([C@H]2O[C@@H](CSc3ccccn3)C[C@@H](c3ccc(CO)cc3)O2)cc1)NO. The maximum atomic E-state index is 12.4.